The van der Waals surface area contributed by atoms with E-state index in [4.69, 9.17) is 0 Å². The molecule has 1 aliphatic heterocycles. The Morgan fingerprint density at radius 2 is 1.81 bits per heavy atom. The second kappa shape index (κ2) is 5.70. The first-order chi connectivity index (χ1) is 10.2. The number of aromatic amines is 1. The molecule has 0 radical (unpaired) electrons. The van der Waals surface area contributed by atoms with E-state index < -0.39 is 0 Å². The number of nitrogens with zero attached hydrogens (tertiary/aromatic N) is 5. The van der Waals surface area contributed by atoms with Gasteiger partial charge in [-0.15, -0.1) is 0 Å². The third kappa shape index (κ3) is 2.88. The SMILES string of the molecule is O=C(c1cc(=O)[nH]cn1)N1CCN(c2ncccn2)CC1. The first-order valence-electron chi connectivity index (χ1n) is 6.60. The van der Waals surface area contributed by atoms with E-state index in [1.165, 1.54) is 12.4 Å². The highest BCUT2D eigenvalue weighted by Crippen LogP contribution is 2.11. The van der Waals surface area contributed by atoms with Crippen molar-refractivity contribution in [1.29, 1.82) is 0 Å². The number of anilines is 1. The van der Waals surface area contributed by atoms with E-state index in [0.717, 1.165) is 0 Å². The van der Waals surface area contributed by atoms with Gasteiger partial charge in [-0.25, -0.2) is 15.0 Å². The number of carbonyl (C=O) groups is 1. The molecule has 1 N–H and O–H groups in total. The maximum atomic E-state index is 12.3. The minimum atomic E-state index is -0.329. The molecule has 0 unspecified atom stereocenters. The van der Waals surface area contributed by atoms with Crippen molar-refractivity contribution < 1.29 is 4.79 Å². The third-order valence-corrected chi connectivity index (χ3v) is 3.30. The largest absolute Gasteiger partial charge is 0.337 e. The molecule has 0 aliphatic carbocycles. The smallest absolute Gasteiger partial charge is 0.272 e. The number of rotatable bonds is 2. The second-order valence-corrected chi connectivity index (χ2v) is 4.62. The number of piperazine rings is 1. The van der Waals surface area contributed by atoms with E-state index in [-0.39, 0.29) is 17.2 Å². The lowest BCUT2D eigenvalue weighted by Gasteiger charge is -2.34. The Morgan fingerprint density at radius 1 is 1.10 bits per heavy atom. The highest BCUT2D eigenvalue weighted by Gasteiger charge is 2.24. The van der Waals surface area contributed by atoms with Gasteiger partial charge in [0.1, 0.15) is 5.69 Å². The molecule has 3 rings (SSSR count). The molecule has 0 aromatic carbocycles. The number of hydrogen-bond acceptors (Lipinski definition) is 6. The Hall–Kier alpha value is -2.77. The lowest BCUT2D eigenvalue weighted by molar-refractivity contribution is 0.0740. The van der Waals surface area contributed by atoms with Gasteiger partial charge in [-0.3, -0.25) is 9.59 Å². The van der Waals surface area contributed by atoms with E-state index in [9.17, 15) is 9.59 Å². The standard InChI is InChI=1S/C13H14N6O2/c20-11-8-10(16-9-17-11)12(21)18-4-6-19(7-5-18)13-14-2-1-3-15-13/h1-3,8-9H,4-7H2,(H,16,17,20). The van der Waals surface area contributed by atoms with Gasteiger partial charge in [-0.2, -0.15) is 0 Å². The van der Waals surface area contributed by atoms with Crippen LogP contribution in [-0.2, 0) is 0 Å². The van der Waals surface area contributed by atoms with Gasteiger partial charge in [-0.05, 0) is 6.07 Å². The van der Waals surface area contributed by atoms with Crippen molar-refractivity contribution in [2.24, 2.45) is 0 Å². The fraction of sp³-hybridized carbons (Fsp3) is 0.308. The van der Waals surface area contributed by atoms with Crippen molar-refractivity contribution in [3.05, 3.63) is 46.9 Å². The Labute approximate surface area is 120 Å². The van der Waals surface area contributed by atoms with Gasteiger partial charge in [0.25, 0.3) is 11.5 Å². The summed E-state index contributed by atoms with van der Waals surface area (Å²) in [4.78, 5) is 41.9. The van der Waals surface area contributed by atoms with Crippen molar-refractivity contribution in [3.63, 3.8) is 0 Å². The molecular weight excluding hydrogens is 272 g/mol. The van der Waals surface area contributed by atoms with Gasteiger partial charge < -0.3 is 14.8 Å². The fourth-order valence-electron chi connectivity index (χ4n) is 2.21. The molecule has 1 saturated heterocycles. The number of amides is 1. The van der Waals surface area contributed by atoms with Crippen molar-refractivity contribution in [3.8, 4) is 0 Å². The zero-order chi connectivity index (χ0) is 14.7. The van der Waals surface area contributed by atoms with Gasteiger partial charge in [0.2, 0.25) is 5.95 Å². The summed E-state index contributed by atoms with van der Waals surface area (Å²) < 4.78 is 0. The Morgan fingerprint density at radius 3 is 2.48 bits per heavy atom. The molecule has 0 saturated carbocycles. The van der Waals surface area contributed by atoms with E-state index in [1.807, 2.05) is 4.90 Å². The summed E-state index contributed by atoms with van der Waals surface area (Å²) in [7, 11) is 0. The number of hydrogen-bond donors (Lipinski definition) is 1. The topological polar surface area (TPSA) is 95.1 Å². The van der Waals surface area contributed by atoms with E-state index in [1.54, 1.807) is 23.4 Å². The molecule has 1 amide bonds. The van der Waals surface area contributed by atoms with Gasteiger partial charge in [-0.1, -0.05) is 0 Å². The van der Waals surface area contributed by atoms with Crippen LogP contribution in [0, 0.1) is 0 Å². The van der Waals surface area contributed by atoms with Crippen LogP contribution in [-0.4, -0.2) is 56.9 Å². The predicted octanol–water partition coefficient (Wildman–Crippen LogP) is -0.478. The Kier molecular flexibility index (Phi) is 3.59. The van der Waals surface area contributed by atoms with Crippen LogP contribution in [0.4, 0.5) is 5.95 Å². The molecule has 8 nitrogen and oxygen atoms in total. The van der Waals surface area contributed by atoms with Crippen molar-refractivity contribution in [2.75, 3.05) is 31.1 Å². The lowest BCUT2D eigenvalue weighted by Crippen LogP contribution is -2.49. The molecule has 0 atom stereocenters. The summed E-state index contributed by atoms with van der Waals surface area (Å²) in [5.41, 5.74) is -0.159. The van der Waals surface area contributed by atoms with Crippen LogP contribution in [0.5, 0.6) is 0 Å². The van der Waals surface area contributed by atoms with Gasteiger partial charge in [0.05, 0.1) is 6.33 Å². The highest BCUT2D eigenvalue weighted by molar-refractivity contribution is 5.92. The minimum absolute atomic E-state index is 0.170. The maximum Gasteiger partial charge on any atom is 0.272 e. The molecule has 0 bridgehead atoms. The van der Waals surface area contributed by atoms with Crippen molar-refractivity contribution >= 4 is 11.9 Å². The second-order valence-electron chi connectivity index (χ2n) is 4.62. The lowest BCUT2D eigenvalue weighted by atomic mass is 10.3. The average molecular weight is 286 g/mol. The van der Waals surface area contributed by atoms with Crippen LogP contribution in [0.3, 0.4) is 0 Å². The highest BCUT2D eigenvalue weighted by atomic mass is 16.2. The molecule has 1 fully saturated rings. The first kappa shape index (κ1) is 13.2. The van der Waals surface area contributed by atoms with E-state index in [0.29, 0.717) is 32.1 Å². The summed E-state index contributed by atoms with van der Waals surface area (Å²) >= 11 is 0. The summed E-state index contributed by atoms with van der Waals surface area (Å²) in [6, 6.07) is 2.98. The summed E-state index contributed by atoms with van der Waals surface area (Å²) in [5.74, 6) is 0.439. The van der Waals surface area contributed by atoms with Gasteiger partial charge >= 0.3 is 0 Å². The zero-order valence-corrected chi connectivity index (χ0v) is 11.3. The molecule has 108 valence electrons. The number of nitrogens with one attached hydrogen (secondary N) is 1. The van der Waals surface area contributed by atoms with Gasteiger partial charge in [0, 0.05) is 44.6 Å². The van der Waals surface area contributed by atoms with Crippen LogP contribution in [0.1, 0.15) is 10.5 Å². The summed E-state index contributed by atoms with van der Waals surface area (Å²) in [5, 5.41) is 0. The normalized spacial score (nSPS) is 15.0. The van der Waals surface area contributed by atoms with Crippen molar-refractivity contribution in [2.45, 2.75) is 0 Å². The van der Waals surface area contributed by atoms with E-state index >= 15 is 0 Å². The molecule has 2 aromatic rings. The van der Waals surface area contributed by atoms with Gasteiger partial charge in [0.15, 0.2) is 0 Å². The quantitative estimate of drug-likeness (QED) is 0.801. The molecule has 3 heterocycles. The number of H-pyrrole nitrogens is 1. The molecule has 1 aliphatic rings. The molecule has 0 spiro atoms. The molecular formula is C13H14N6O2. The molecule has 8 heteroatoms. The Bertz CT molecular complexity index is 678. The fourth-order valence-corrected chi connectivity index (χ4v) is 2.21. The monoisotopic (exact) mass is 286 g/mol. The molecule has 21 heavy (non-hydrogen) atoms. The summed E-state index contributed by atoms with van der Waals surface area (Å²) in [6.07, 6.45) is 4.63. The minimum Gasteiger partial charge on any atom is -0.337 e. The zero-order valence-electron chi connectivity index (χ0n) is 11.3. The van der Waals surface area contributed by atoms with Crippen molar-refractivity contribution in [1.82, 2.24) is 24.8 Å². The van der Waals surface area contributed by atoms with Crippen LogP contribution >= 0.6 is 0 Å². The third-order valence-electron chi connectivity index (χ3n) is 3.30. The number of aromatic nitrogens is 4. The molecule has 2 aromatic heterocycles. The first-order valence-corrected chi connectivity index (χ1v) is 6.60. The van der Waals surface area contributed by atoms with Crippen LogP contribution in [0.25, 0.3) is 0 Å². The van der Waals surface area contributed by atoms with Crippen LogP contribution in [0.15, 0.2) is 35.6 Å². The summed E-state index contributed by atoms with van der Waals surface area (Å²) in [6.45, 7) is 2.40. The van der Waals surface area contributed by atoms with Crippen LogP contribution in [0.2, 0.25) is 0 Å². The Balaban J connectivity index is 1.66. The maximum absolute atomic E-state index is 12.3. The predicted molar refractivity (Wildman–Crippen MR) is 75.0 cm³/mol. The number of carbonyl (C=O) groups excluding carboxylic acids is 1. The van der Waals surface area contributed by atoms with E-state index in [2.05, 4.69) is 19.9 Å². The van der Waals surface area contributed by atoms with Crippen LogP contribution < -0.4 is 10.5 Å². The average Bonchev–Trinajstić information content (AvgIpc) is 2.55.